The summed E-state index contributed by atoms with van der Waals surface area (Å²) in [6.07, 6.45) is 1.67. The number of aromatic nitrogens is 1. The number of sulfonamides is 1. The van der Waals surface area contributed by atoms with E-state index in [-0.39, 0.29) is 29.1 Å². The second-order valence-electron chi connectivity index (χ2n) is 9.05. The highest BCUT2D eigenvalue weighted by atomic mass is 32.2. The van der Waals surface area contributed by atoms with Crippen LogP contribution in [0.2, 0.25) is 0 Å². The fourth-order valence-corrected chi connectivity index (χ4v) is 6.66. The molecule has 0 spiro atoms. The Bertz CT molecular complexity index is 1280. The van der Waals surface area contributed by atoms with Crippen LogP contribution in [0.4, 0.5) is 0 Å². The average Bonchev–Trinajstić information content (AvgIpc) is 3.32. The molecular formula is C26H29N3O4S. The smallest absolute Gasteiger partial charge is 0.254 e. The molecule has 2 aromatic carbocycles. The third-order valence-corrected chi connectivity index (χ3v) is 8.35. The predicted octanol–water partition coefficient (Wildman–Crippen LogP) is 3.53. The molecule has 7 nitrogen and oxygen atoms in total. The first kappa shape index (κ1) is 22.8. The van der Waals surface area contributed by atoms with Gasteiger partial charge >= 0.3 is 0 Å². The largest absolute Gasteiger partial charge is 0.373 e. The molecule has 0 radical (unpaired) electrons. The molecule has 0 saturated carbocycles. The van der Waals surface area contributed by atoms with Crippen LogP contribution in [-0.2, 0) is 21.3 Å². The van der Waals surface area contributed by atoms with Crippen molar-refractivity contribution >= 4 is 15.9 Å². The average molecular weight is 480 g/mol. The molecule has 1 fully saturated rings. The minimum absolute atomic E-state index is 0.135. The third-order valence-electron chi connectivity index (χ3n) is 6.52. The van der Waals surface area contributed by atoms with Crippen molar-refractivity contribution < 1.29 is 17.9 Å². The minimum Gasteiger partial charge on any atom is -0.373 e. The van der Waals surface area contributed by atoms with E-state index in [1.54, 1.807) is 18.2 Å². The second-order valence-corrected chi connectivity index (χ2v) is 11.0. The normalized spacial score (nSPS) is 23.5. The molecular weight excluding hydrogens is 450 g/mol. The molecule has 3 atom stereocenters. The van der Waals surface area contributed by atoms with Crippen molar-refractivity contribution in [2.75, 3.05) is 19.6 Å². The molecule has 1 amide bonds. The Hall–Kier alpha value is -2.94. The Kier molecular flexibility index (Phi) is 6.06. The first-order valence-electron chi connectivity index (χ1n) is 11.6. The second kappa shape index (κ2) is 9.02. The number of morpholine rings is 1. The van der Waals surface area contributed by atoms with E-state index in [0.717, 1.165) is 11.3 Å². The summed E-state index contributed by atoms with van der Waals surface area (Å²) in [7, 11) is -3.74. The zero-order valence-corrected chi connectivity index (χ0v) is 20.2. The van der Waals surface area contributed by atoms with Gasteiger partial charge in [0.15, 0.2) is 0 Å². The van der Waals surface area contributed by atoms with Crippen LogP contribution in [0.25, 0.3) is 0 Å². The van der Waals surface area contributed by atoms with E-state index in [1.165, 1.54) is 10.4 Å². The van der Waals surface area contributed by atoms with Gasteiger partial charge < -0.3 is 14.2 Å². The molecule has 0 bridgehead atoms. The van der Waals surface area contributed by atoms with Crippen LogP contribution in [-0.4, -0.2) is 59.9 Å². The van der Waals surface area contributed by atoms with Crippen molar-refractivity contribution in [2.24, 2.45) is 0 Å². The number of carbonyl (C=O) groups is 1. The van der Waals surface area contributed by atoms with E-state index in [9.17, 15) is 13.2 Å². The number of carbonyl (C=O) groups excluding carboxylic acids is 1. The van der Waals surface area contributed by atoms with Gasteiger partial charge in [0, 0.05) is 43.6 Å². The maximum Gasteiger partial charge on any atom is 0.254 e. The number of hydrogen-bond acceptors (Lipinski definition) is 4. The number of nitrogens with zero attached hydrogens (tertiary/aromatic N) is 3. The number of fused-ring (bicyclic) bond motifs is 1. The van der Waals surface area contributed by atoms with Crippen LogP contribution < -0.4 is 0 Å². The molecule has 0 N–H and O–H groups in total. The van der Waals surface area contributed by atoms with Crippen molar-refractivity contribution in [1.29, 1.82) is 0 Å². The summed E-state index contributed by atoms with van der Waals surface area (Å²) in [5.74, 6) is -0.179. The van der Waals surface area contributed by atoms with Gasteiger partial charge in [-0.15, -0.1) is 0 Å². The molecule has 0 aliphatic carbocycles. The highest BCUT2D eigenvalue weighted by Gasteiger charge is 2.35. The lowest BCUT2D eigenvalue weighted by Crippen LogP contribution is -2.48. The highest BCUT2D eigenvalue weighted by molar-refractivity contribution is 7.89. The van der Waals surface area contributed by atoms with Gasteiger partial charge in [0.1, 0.15) is 0 Å². The first-order valence-corrected chi connectivity index (χ1v) is 13.1. The molecule has 34 heavy (non-hydrogen) atoms. The Labute approximate surface area is 200 Å². The van der Waals surface area contributed by atoms with Gasteiger partial charge in [0.25, 0.3) is 5.91 Å². The van der Waals surface area contributed by atoms with Gasteiger partial charge in [-0.3, -0.25) is 4.79 Å². The zero-order chi connectivity index (χ0) is 23.9. The van der Waals surface area contributed by atoms with E-state index in [2.05, 4.69) is 4.57 Å². The summed E-state index contributed by atoms with van der Waals surface area (Å²) < 4.78 is 36.1. The van der Waals surface area contributed by atoms with E-state index >= 15 is 0 Å². The van der Waals surface area contributed by atoms with E-state index in [4.69, 9.17) is 4.74 Å². The summed E-state index contributed by atoms with van der Waals surface area (Å²) >= 11 is 0. The van der Waals surface area contributed by atoms with E-state index < -0.39 is 10.0 Å². The van der Waals surface area contributed by atoms with Crippen LogP contribution in [0.15, 0.2) is 77.8 Å². The summed E-state index contributed by atoms with van der Waals surface area (Å²) in [5, 5.41) is 0. The molecule has 8 heteroatoms. The van der Waals surface area contributed by atoms with Gasteiger partial charge in [-0.25, -0.2) is 8.42 Å². The molecule has 2 aliphatic rings. The van der Waals surface area contributed by atoms with Gasteiger partial charge in [-0.05, 0) is 49.7 Å². The molecule has 2 aliphatic heterocycles. The van der Waals surface area contributed by atoms with Crippen molar-refractivity contribution in [2.45, 2.75) is 43.5 Å². The van der Waals surface area contributed by atoms with Crippen LogP contribution >= 0.6 is 0 Å². The summed E-state index contributed by atoms with van der Waals surface area (Å²) in [5.41, 5.74) is 2.44. The molecule has 5 rings (SSSR count). The van der Waals surface area contributed by atoms with Crippen molar-refractivity contribution in [3.05, 3.63) is 89.7 Å². The Morgan fingerprint density at radius 1 is 0.912 bits per heavy atom. The third kappa shape index (κ3) is 4.17. The highest BCUT2D eigenvalue weighted by Crippen LogP contribution is 2.34. The van der Waals surface area contributed by atoms with Crippen LogP contribution in [0.5, 0.6) is 0 Å². The van der Waals surface area contributed by atoms with Crippen molar-refractivity contribution in [3.63, 3.8) is 0 Å². The van der Waals surface area contributed by atoms with Crippen molar-refractivity contribution in [3.8, 4) is 0 Å². The van der Waals surface area contributed by atoms with E-state index in [0.29, 0.717) is 31.7 Å². The van der Waals surface area contributed by atoms with Gasteiger partial charge in [0.2, 0.25) is 10.0 Å². The number of hydrogen-bond donors (Lipinski definition) is 0. The maximum absolute atomic E-state index is 13.8. The molecule has 3 unspecified atom stereocenters. The Balaban J connectivity index is 1.48. The Morgan fingerprint density at radius 2 is 1.65 bits per heavy atom. The Morgan fingerprint density at radius 3 is 2.38 bits per heavy atom. The SMILES string of the molecule is CC1CN(S(=O)(=O)c2cccc(C(=O)N3CCn4cccc4C3c3ccccc3)c2)CC(C)O1. The molecule has 3 heterocycles. The zero-order valence-electron chi connectivity index (χ0n) is 19.4. The van der Waals surface area contributed by atoms with Crippen molar-refractivity contribution in [1.82, 2.24) is 13.8 Å². The first-order chi connectivity index (χ1) is 16.3. The lowest BCUT2D eigenvalue weighted by Gasteiger charge is -2.37. The number of amides is 1. The lowest BCUT2D eigenvalue weighted by atomic mass is 9.99. The number of rotatable bonds is 4. The maximum atomic E-state index is 13.8. The van der Waals surface area contributed by atoms with E-state index in [1.807, 2.05) is 67.4 Å². The predicted molar refractivity (Wildman–Crippen MR) is 129 cm³/mol. The minimum atomic E-state index is -3.74. The summed E-state index contributed by atoms with van der Waals surface area (Å²) in [6, 6.07) is 20.2. The van der Waals surface area contributed by atoms with Crippen LogP contribution in [0.3, 0.4) is 0 Å². The topological polar surface area (TPSA) is 71.9 Å². The summed E-state index contributed by atoms with van der Waals surface area (Å²) in [6.45, 7) is 5.56. The molecule has 1 aromatic heterocycles. The van der Waals surface area contributed by atoms with Crippen LogP contribution in [0, 0.1) is 0 Å². The quantitative estimate of drug-likeness (QED) is 0.574. The fourth-order valence-electron chi connectivity index (χ4n) is 5.02. The standard InChI is InChI=1S/C26H29N3O4S/c1-19-17-28(18-20(2)33-19)34(31,32)23-11-6-10-22(16-23)26(30)29-15-14-27-13-7-12-24(27)25(29)21-8-4-3-5-9-21/h3-13,16,19-20,25H,14-15,17-18H2,1-2H3. The van der Waals surface area contributed by atoms with Gasteiger partial charge in [-0.2, -0.15) is 4.31 Å². The molecule has 178 valence electrons. The monoisotopic (exact) mass is 479 g/mol. The molecule has 1 saturated heterocycles. The lowest BCUT2D eigenvalue weighted by molar-refractivity contribution is -0.0440. The number of benzene rings is 2. The van der Waals surface area contributed by atoms with Gasteiger partial charge in [0.05, 0.1) is 23.1 Å². The summed E-state index contributed by atoms with van der Waals surface area (Å²) in [4.78, 5) is 15.7. The van der Waals surface area contributed by atoms with Gasteiger partial charge in [-0.1, -0.05) is 36.4 Å². The number of ether oxygens (including phenoxy) is 1. The van der Waals surface area contributed by atoms with Crippen LogP contribution in [0.1, 0.15) is 41.5 Å². The fraction of sp³-hybridized carbons (Fsp3) is 0.346. The molecule has 3 aromatic rings.